The molecule has 0 radical (unpaired) electrons. The topological polar surface area (TPSA) is 40.6 Å². The van der Waals surface area contributed by atoms with Crippen LogP contribution in [-0.4, -0.2) is 8.42 Å². The fourth-order valence-electron chi connectivity index (χ4n) is 8.81. The lowest BCUT2D eigenvalue weighted by Gasteiger charge is -2.42. The third-order valence-corrected chi connectivity index (χ3v) is 13.9. The maximum absolute atomic E-state index is 13.9. The number of fused-ring (bicyclic) bond motifs is 2. The Labute approximate surface area is 355 Å². The Bertz CT molecular complexity index is 2820. The Balaban J connectivity index is 0.940. The fraction of sp³-hybridized carbons (Fsp3) is 0.127. The third kappa shape index (κ3) is 6.89. The highest BCUT2D eigenvalue weighted by Gasteiger charge is 2.36. The van der Waals surface area contributed by atoms with E-state index in [2.05, 4.69) is 183 Å². The molecule has 4 nitrogen and oxygen atoms in total. The Kier molecular flexibility index (Phi) is 10.2. The molecule has 0 N–H and O–H groups in total. The average Bonchev–Trinajstić information content (AvgIpc) is 3.30. The van der Waals surface area contributed by atoms with Crippen molar-refractivity contribution in [3.05, 3.63) is 216 Å². The molecule has 0 saturated heterocycles. The van der Waals surface area contributed by atoms with E-state index in [0.717, 1.165) is 46.5 Å². The normalized spacial score (nSPS) is 13.0. The van der Waals surface area contributed by atoms with Gasteiger partial charge in [-0.25, -0.2) is 8.42 Å². The zero-order valence-corrected chi connectivity index (χ0v) is 35.3. The predicted molar refractivity (Wildman–Crippen MR) is 249 cm³/mol. The maximum Gasteiger partial charge on any atom is 0.206 e. The Morgan fingerprint density at radius 3 is 1.25 bits per heavy atom. The summed E-state index contributed by atoms with van der Waals surface area (Å²) in [5.74, 6) is 0. The zero-order chi connectivity index (χ0) is 41.4. The second-order valence-corrected chi connectivity index (χ2v) is 17.9. The van der Waals surface area contributed by atoms with Gasteiger partial charge in [0.25, 0.3) is 0 Å². The van der Waals surface area contributed by atoms with Gasteiger partial charge in [0.05, 0.1) is 21.2 Å². The van der Waals surface area contributed by atoms with E-state index >= 15 is 0 Å². The highest BCUT2D eigenvalue weighted by atomic mass is 32.2. The van der Waals surface area contributed by atoms with E-state index in [1.165, 1.54) is 45.0 Å². The molecule has 0 unspecified atom stereocenters. The molecule has 0 saturated carbocycles. The third-order valence-electron chi connectivity index (χ3n) is 12.1. The molecule has 0 bridgehead atoms. The summed E-state index contributed by atoms with van der Waals surface area (Å²) in [7, 11) is -3.73. The van der Waals surface area contributed by atoms with Crippen molar-refractivity contribution in [1.82, 2.24) is 0 Å². The fourth-order valence-corrected chi connectivity index (χ4v) is 10.1. The van der Waals surface area contributed by atoms with Gasteiger partial charge >= 0.3 is 0 Å². The molecule has 8 aromatic carbocycles. The minimum absolute atomic E-state index is 0.118. The molecule has 1 aliphatic rings. The molecule has 1 aliphatic heterocycles. The molecular formula is C55H48N2O2S. The summed E-state index contributed by atoms with van der Waals surface area (Å²) < 4.78 is 27.8. The van der Waals surface area contributed by atoms with Gasteiger partial charge in [-0.3, -0.25) is 0 Å². The lowest BCUT2D eigenvalue weighted by molar-refractivity contribution is 0.596. The molecule has 0 atom stereocenters. The van der Waals surface area contributed by atoms with E-state index in [9.17, 15) is 8.42 Å². The summed E-state index contributed by atoms with van der Waals surface area (Å²) in [6.45, 7) is 8.97. The molecule has 8 aromatic rings. The van der Waals surface area contributed by atoms with Crippen LogP contribution < -0.4 is 9.80 Å². The van der Waals surface area contributed by atoms with Gasteiger partial charge < -0.3 is 9.80 Å². The van der Waals surface area contributed by atoms with Crippen molar-refractivity contribution in [2.24, 2.45) is 0 Å². The van der Waals surface area contributed by atoms with Gasteiger partial charge in [-0.05, 0) is 130 Å². The second kappa shape index (κ2) is 15.8. The predicted octanol–water partition coefficient (Wildman–Crippen LogP) is 14.6. The smallest absolute Gasteiger partial charge is 0.206 e. The van der Waals surface area contributed by atoms with Crippen LogP contribution in [-0.2, 0) is 28.1 Å². The van der Waals surface area contributed by atoms with E-state index in [1.54, 1.807) is 24.3 Å². The van der Waals surface area contributed by atoms with Crippen molar-refractivity contribution in [1.29, 1.82) is 0 Å². The van der Waals surface area contributed by atoms with E-state index in [4.69, 9.17) is 0 Å². The van der Waals surface area contributed by atoms with E-state index in [0.29, 0.717) is 0 Å². The number of hydrogen-bond acceptors (Lipinski definition) is 4. The summed E-state index contributed by atoms with van der Waals surface area (Å²) in [4.78, 5) is 5.23. The molecular weight excluding hydrogens is 753 g/mol. The van der Waals surface area contributed by atoms with Crippen LogP contribution in [0.15, 0.2) is 204 Å². The van der Waals surface area contributed by atoms with Gasteiger partial charge in [-0.1, -0.05) is 149 Å². The summed E-state index contributed by atoms with van der Waals surface area (Å²) in [6.07, 6.45) is 1.85. The first-order valence-electron chi connectivity index (χ1n) is 20.8. The molecule has 0 aromatic heterocycles. The van der Waals surface area contributed by atoms with Gasteiger partial charge in [0.1, 0.15) is 0 Å². The molecule has 0 amide bonds. The number of anilines is 6. The van der Waals surface area contributed by atoms with Crippen molar-refractivity contribution in [2.75, 3.05) is 9.80 Å². The summed E-state index contributed by atoms with van der Waals surface area (Å²) in [5.41, 5.74) is 15.8. The van der Waals surface area contributed by atoms with Gasteiger partial charge in [0.2, 0.25) is 9.84 Å². The minimum atomic E-state index is -3.73. The quantitative estimate of drug-likeness (QED) is 0.138. The number of rotatable bonds is 10. The van der Waals surface area contributed by atoms with E-state index in [1.807, 2.05) is 24.3 Å². The molecule has 0 spiro atoms. The number of hydrogen-bond donors (Lipinski definition) is 0. The van der Waals surface area contributed by atoms with Crippen molar-refractivity contribution >= 4 is 44.0 Å². The number of sulfone groups is 1. The molecule has 1 heterocycles. The van der Waals surface area contributed by atoms with Gasteiger partial charge in [-0.15, -0.1) is 0 Å². The largest absolute Gasteiger partial charge is 0.310 e. The SMILES string of the molecule is CCc1ccccc1N(c1ccc(-c2ccc(S(=O)(=O)c3ccc(-c4ccc(N5c6ccccc6C(C)(C)c6ccccc65)cc4)cc3)cc2)cc1)c1ccccc1CC. The lowest BCUT2D eigenvalue weighted by Crippen LogP contribution is -2.30. The Morgan fingerprint density at radius 2 is 0.817 bits per heavy atom. The Hall–Kier alpha value is -6.69. The lowest BCUT2D eigenvalue weighted by atomic mass is 9.73. The van der Waals surface area contributed by atoms with Crippen molar-refractivity contribution in [3.63, 3.8) is 0 Å². The monoisotopic (exact) mass is 800 g/mol. The van der Waals surface area contributed by atoms with Crippen molar-refractivity contribution in [2.45, 2.75) is 55.7 Å². The first-order valence-corrected chi connectivity index (χ1v) is 22.3. The van der Waals surface area contributed by atoms with Crippen molar-refractivity contribution < 1.29 is 8.42 Å². The molecule has 296 valence electrons. The van der Waals surface area contributed by atoms with Crippen LogP contribution in [0.1, 0.15) is 49.9 Å². The number of para-hydroxylation sites is 4. The average molecular weight is 801 g/mol. The first-order chi connectivity index (χ1) is 29.2. The number of benzene rings is 8. The van der Waals surface area contributed by atoms with Crippen molar-refractivity contribution in [3.8, 4) is 22.3 Å². The van der Waals surface area contributed by atoms with Crippen LogP contribution in [0.2, 0.25) is 0 Å². The van der Waals surface area contributed by atoms with Gasteiger partial charge in [0.15, 0.2) is 0 Å². The van der Waals surface area contributed by atoms with E-state index in [-0.39, 0.29) is 15.2 Å². The van der Waals surface area contributed by atoms with Crippen LogP contribution >= 0.6 is 0 Å². The molecule has 0 aliphatic carbocycles. The summed E-state index contributed by atoms with van der Waals surface area (Å²) in [5, 5.41) is 0. The molecule has 60 heavy (non-hydrogen) atoms. The van der Waals surface area contributed by atoms with Crippen LogP contribution in [0, 0.1) is 0 Å². The molecule has 9 rings (SSSR count). The van der Waals surface area contributed by atoms with Crippen LogP contribution in [0.4, 0.5) is 34.1 Å². The number of aryl methyl sites for hydroxylation is 2. The van der Waals surface area contributed by atoms with Gasteiger partial charge in [-0.2, -0.15) is 0 Å². The Morgan fingerprint density at radius 1 is 0.450 bits per heavy atom. The van der Waals surface area contributed by atoms with Crippen LogP contribution in [0.25, 0.3) is 22.3 Å². The maximum atomic E-state index is 13.9. The van der Waals surface area contributed by atoms with E-state index < -0.39 is 9.84 Å². The summed E-state index contributed by atoms with van der Waals surface area (Å²) in [6, 6.07) is 65.9. The highest BCUT2D eigenvalue weighted by molar-refractivity contribution is 7.91. The zero-order valence-electron chi connectivity index (χ0n) is 34.5. The van der Waals surface area contributed by atoms with Crippen LogP contribution in [0.5, 0.6) is 0 Å². The molecule has 5 heteroatoms. The van der Waals surface area contributed by atoms with Gasteiger partial charge in [0, 0.05) is 28.2 Å². The standard InChI is InChI=1S/C55H48N2O2S/c1-5-39-15-7-11-19-51(39)56(52-20-12-8-16-40(52)6-2)45-31-23-41(24-32-45)43-27-35-47(36-28-43)60(58,59)48-37-29-44(30-38-48)42-25-33-46(34-26-42)57-53-21-13-9-17-49(53)55(3,4)50-18-10-14-22-54(50)57/h7-38H,5-6H2,1-4H3. The summed E-state index contributed by atoms with van der Waals surface area (Å²) >= 11 is 0. The number of nitrogens with zero attached hydrogens (tertiary/aromatic N) is 2. The highest BCUT2D eigenvalue weighted by Crippen LogP contribution is 2.51. The molecule has 0 fully saturated rings. The second-order valence-electron chi connectivity index (χ2n) is 15.9. The minimum Gasteiger partial charge on any atom is -0.310 e. The first kappa shape index (κ1) is 38.8. The van der Waals surface area contributed by atoms with Crippen LogP contribution in [0.3, 0.4) is 0 Å².